The van der Waals surface area contributed by atoms with Gasteiger partial charge < -0.3 is 5.32 Å². The van der Waals surface area contributed by atoms with E-state index in [9.17, 15) is 0 Å². The summed E-state index contributed by atoms with van der Waals surface area (Å²) in [4.78, 5) is 11.6. The molecule has 92 valence electrons. The third-order valence-electron chi connectivity index (χ3n) is 2.74. The first-order chi connectivity index (χ1) is 8.10. The van der Waals surface area contributed by atoms with Crippen LogP contribution in [0.5, 0.6) is 0 Å². The van der Waals surface area contributed by atoms with Crippen LogP contribution in [0.15, 0.2) is 6.07 Å². The molecule has 2 heterocycles. The molecule has 0 fully saturated rings. The number of anilines is 1. The van der Waals surface area contributed by atoms with Gasteiger partial charge in [-0.1, -0.05) is 13.8 Å². The maximum absolute atomic E-state index is 4.64. The molecule has 0 amide bonds. The lowest BCUT2D eigenvalue weighted by Crippen LogP contribution is -2.02. The molecule has 2 rings (SSSR count). The Bertz CT molecular complexity index is 517. The van der Waals surface area contributed by atoms with Crippen molar-refractivity contribution < 1.29 is 0 Å². The SMILES string of the molecule is CNc1nc(CCC(C)C)nc2sc(C)cc12. The molecule has 0 saturated carbocycles. The Kier molecular flexibility index (Phi) is 3.62. The number of fused-ring (bicyclic) bond motifs is 1. The second kappa shape index (κ2) is 5.00. The van der Waals surface area contributed by atoms with Crippen LogP contribution in [0.2, 0.25) is 0 Å². The van der Waals surface area contributed by atoms with E-state index in [1.807, 2.05) is 7.05 Å². The standard InChI is InChI=1S/C13H19N3S/c1-8(2)5-6-11-15-12(14-4)10-7-9(3)17-13(10)16-11/h7-8H,5-6H2,1-4H3,(H,14,15,16). The van der Waals surface area contributed by atoms with E-state index in [-0.39, 0.29) is 0 Å². The average Bonchev–Trinajstić information content (AvgIpc) is 2.65. The molecule has 0 saturated heterocycles. The molecule has 1 N–H and O–H groups in total. The van der Waals surface area contributed by atoms with Crippen LogP contribution < -0.4 is 5.32 Å². The van der Waals surface area contributed by atoms with E-state index >= 15 is 0 Å². The van der Waals surface area contributed by atoms with Crippen molar-refractivity contribution in [3.8, 4) is 0 Å². The van der Waals surface area contributed by atoms with Gasteiger partial charge in [-0.05, 0) is 25.3 Å². The minimum absolute atomic E-state index is 0.692. The summed E-state index contributed by atoms with van der Waals surface area (Å²) in [5, 5.41) is 4.31. The molecule has 0 radical (unpaired) electrons. The van der Waals surface area contributed by atoms with E-state index in [4.69, 9.17) is 0 Å². The van der Waals surface area contributed by atoms with Crippen LogP contribution in [0.1, 0.15) is 31.0 Å². The van der Waals surface area contributed by atoms with Crippen LogP contribution in [0, 0.1) is 12.8 Å². The zero-order valence-electron chi connectivity index (χ0n) is 10.9. The van der Waals surface area contributed by atoms with Crippen LogP contribution in [0.4, 0.5) is 5.82 Å². The van der Waals surface area contributed by atoms with Gasteiger partial charge in [-0.3, -0.25) is 0 Å². The van der Waals surface area contributed by atoms with Gasteiger partial charge in [0.15, 0.2) is 0 Å². The molecule has 4 heteroatoms. The largest absolute Gasteiger partial charge is 0.372 e. The van der Waals surface area contributed by atoms with E-state index in [0.717, 1.165) is 34.7 Å². The summed E-state index contributed by atoms with van der Waals surface area (Å²) < 4.78 is 0. The summed E-state index contributed by atoms with van der Waals surface area (Å²) >= 11 is 1.74. The molecule has 3 nitrogen and oxygen atoms in total. The lowest BCUT2D eigenvalue weighted by atomic mass is 10.1. The minimum atomic E-state index is 0.692. The van der Waals surface area contributed by atoms with Gasteiger partial charge in [-0.15, -0.1) is 11.3 Å². The highest BCUT2D eigenvalue weighted by Gasteiger charge is 2.09. The number of nitrogens with zero attached hydrogens (tertiary/aromatic N) is 2. The van der Waals surface area contributed by atoms with Crippen molar-refractivity contribution in [2.75, 3.05) is 12.4 Å². The van der Waals surface area contributed by atoms with Gasteiger partial charge in [0.25, 0.3) is 0 Å². The van der Waals surface area contributed by atoms with Crippen LogP contribution in [0.25, 0.3) is 10.2 Å². The Morgan fingerprint density at radius 1 is 1.35 bits per heavy atom. The quantitative estimate of drug-likeness (QED) is 0.899. The molecular formula is C13H19N3S. The van der Waals surface area contributed by atoms with Gasteiger partial charge in [0.1, 0.15) is 16.5 Å². The van der Waals surface area contributed by atoms with E-state index in [1.54, 1.807) is 11.3 Å². The maximum atomic E-state index is 4.64. The molecule has 0 aromatic carbocycles. The molecule has 2 aromatic rings. The van der Waals surface area contributed by atoms with Crippen LogP contribution in [0.3, 0.4) is 0 Å². The van der Waals surface area contributed by atoms with Crippen LogP contribution >= 0.6 is 11.3 Å². The van der Waals surface area contributed by atoms with Crippen molar-refractivity contribution in [2.24, 2.45) is 5.92 Å². The number of nitrogens with one attached hydrogen (secondary N) is 1. The third kappa shape index (κ3) is 2.75. The van der Waals surface area contributed by atoms with E-state index in [2.05, 4.69) is 42.1 Å². The number of hydrogen-bond donors (Lipinski definition) is 1. The van der Waals surface area contributed by atoms with Crippen molar-refractivity contribution >= 4 is 27.4 Å². The number of aromatic nitrogens is 2. The smallest absolute Gasteiger partial charge is 0.138 e. The lowest BCUT2D eigenvalue weighted by molar-refractivity contribution is 0.576. The summed E-state index contributed by atoms with van der Waals surface area (Å²) in [6.07, 6.45) is 2.10. The van der Waals surface area contributed by atoms with Gasteiger partial charge >= 0.3 is 0 Å². The van der Waals surface area contributed by atoms with Gasteiger partial charge in [-0.25, -0.2) is 9.97 Å². The first-order valence-electron chi connectivity index (χ1n) is 6.05. The predicted molar refractivity (Wildman–Crippen MR) is 74.9 cm³/mol. The summed E-state index contributed by atoms with van der Waals surface area (Å²) in [5.41, 5.74) is 0. The van der Waals surface area contributed by atoms with Crippen molar-refractivity contribution in [1.29, 1.82) is 0 Å². The molecule has 0 unspecified atom stereocenters. The second-order valence-electron chi connectivity index (χ2n) is 4.75. The highest BCUT2D eigenvalue weighted by atomic mass is 32.1. The molecular weight excluding hydrogens is 230 g/mol. The normalized spacial score (nSPS) is 11.4. The number of thiophene rings is 1. The number of aryl methyl sites for hydroxylation is 2. The molecule has 0 aliphatic heterocycles. The van der Waals surface area contributed by atoms with Gasteiger partial charge in [0.2, 0.25) is 0 Å². The second-order valence-corrected chi connectivity index (χ2v) is 5.98. The first kappa shape index (κ1) is 12.3. The highest BCUT2D eigenvalue weighted by Crippen LogP contribution is 2.28. The molecule has 0 spiro atoms. The average molecular weight is 249 g/mol. The Hall–Kier alpha value is -1.16. The summed E-state index contributed by atoms with van der Waals surface area (Å²) in [6, 6.07) is 2.15. The maximum Gasteiger partial charge on any atom is 0.138 e. The fourth-order valence-corrected chi connectivity index (χ4v) is 2.70. The number of rotatable bonds is 4. The minimum Gasteiger partial charge on any atom is -0.372 e. The topological polar surface area (TPSA) is 37.8 Å². The molecule has 17 heavy (non-hydrogen) atoms. The van der Waals surface area contributed by atoms with E-state index in [0.29, 0.717) is 5.92 Å². The summed E-state index contributed by atoms with van der Waals surface area (Å²) in [7, 11) is 1.92. The molecule has 0 aliphatic carbocycles. The van der Waals surface area contributed by atoms with Gasteiger partial charge in [-0.2, -0.15) is 0 Å². The zero-order chi connectivity index (χ0) is 12.4. The van der Waals surface area contributed by atoms with Crippen molar-refractivity contribution in [1.82, 2.24) is 9.97 Å². The van der Waals surface area contributed by atoms with Gasteiger partial charge in [0.05, 0.1) is 5.39 Å². The first-order valence-corrected chi connectivity index (χ1v) is 6.86. The van der Waals surface area contributed by atoms with Crippen molar-refractivity contribution in [3.05, 3.63) is 16.8 Å². The summed E-state index contributed by atoms with van der Waals surface area (Å²) in [6.45, 7) is 6.57. The Morgan fingerprint density at radius 3 is 2.76 bits per heavy atom. The molecule has 2 aromatic heterocycles. The zero-order valence-corrected chi connectivity index (χ0v) is 11.7. The fraction of sp³-hybridized carbons (Fsp3) is 0.538. The highest BCUT2D eigenvalue weighted by molar-refractivity contribution is 7.18. The van der Waals surface area contributed by atoms with Gasteiger partial charge in [0, 0.05) is 18.3 Å². The van der Waals surface area contributed by atoms with Crippen LogP contribution in [-0.2, 0) is 6.42 Å². The fourth-order valence-electron chi connectivity index (χ4n) is 1.81. The predicted octanol–water partition coefficient (Wildman–Crippen LogP) is 3.63. The third-order valence-corrected chi connectivity index (χ3v) is 3.69. The van der Waals surface area contributed by atoms with E-state index < -0.39 is 0 Å². The Balaban J connectivity index is 2.37. The molecule has 0 aliphatic rings. The molecule has 0 bridgehead atoms. The Morgan fingerprint density at radius 2 is 2.12 bits per heavy atom. The summed E-state index contributed by atoms with van der Waals surface area (Å²) in [5.74, 6) is 2.60. The monoisotopic (exact) mass is 249 g/mol. The lowest BCUT2D eigenvalue weighted by Gasteiger charge is -2.06. The van der Waals surface area contributed by atoms with Crippen molar-refractivity contribution in [2.45, 2.75) is 33.6 Å². The Labute approximate surface area is 106 Å². The van der Waals surface area contributed by atoms with Crippen LogP contribution in [-0.4, -0.2) is 17.0 Å². The molecule has 0 atom stereocenters. The van der Waals surface area contributed by atoms with E-state index in [1.165, 1.54) is 4.88 Å². The number of hydrogen-bond acceptors (Lipinski definition) is 4. The van der Waals surface area contributed by atoms with Crippen molar-refractivity contribution in [3.63, 3.8) is 0 Å².